The number of hydrogen-bond acceptors (Lipinski definition) is 2. The molecule has 0 heterocycles. The zero-order valence-corrected chi connectivity index (χ0v) is 19.4. The average Bonchev–Trinajstić information content (AvgIpc) is 2.83. The van der Waals surface area contributed by atoms with Crippen LogP contribution in [-0.2, 0) is 6.42 Å². The van der Waals surface area contributed by atoms with Crippen LogP contribution in [0.5, 0.6) is 5.75 Å². The van der Waals surface area contributed by atoms with Crippen LogP contribution in [0.4, 0.5) is 0 Å². The maximum Gasteiger partial charge on any atom is 0.127 e. The normalized spacial score (nSPS) is 12.8. The van der Waals surface area contributed by atoms with E-state index in [9.17, 15) is 5.21 Å². The summed E-state index contributed by atoms with van der Waals surface area (Å²) in [6.45, 7) is 0.487. The van der Waals surface area contributed by atoms with Gasteiger partial charge in [0.15, 0.2) is 0 Å². The zero-order chi connectivity index (χ0) is 23.1. The lowest BCUT2D eigenvalue weighted by Crippen LogP contribution is -2.37. The highest BCUT2D eigenvalue weighted by Gasteiger charge is 2.22. The molecule has 4 aromatic rings. The lowest BCUT2D eigenvalue weighted by molar-refractivity contribution is -0.873. The molecule has 0 aliphatic carbocycles. The Morgan fingerprint density at radius 3 is 2.12 bits per heavy atom. The molecule has 0 saturated heterocycles. The molecular formula is C30H31NO2. The van der Waals surface area contributed by atoms with Crippen molar-refractivity contribution in [3.8, 4) is 5.75 Å². The molecule has 0 aromatic heterocycles. The third kappa shape index (κ3) is 5.89. The molecule has 1 atom stereocenters. The van der Waals surface area contributed by atoms with Gasteiger partial charge in [0, 0.05) is 17.4 Å². The average molecular weight is 438 g/mol. The first kappa shape index (κ1) is 22.8. The van der Waals surface area contributed by atoms with Crippen LogP contribution in [0.3, 0.4) is 0 Å². The minimum absolute atomic E-state index is 0.167. The molecule has 0 aliphatic heterocycles. The molecule has 0 bridgehead atoms. The summed E-state index contributed by atoms with van der Waals surface area (Å²) in [7, 11) is 3.40. The summed E-state index contributed by atoms with van der Waals surface area (Å²) in [6.07, 6.45) is 5.87. The second-order valence-corrected chi connectivity index (χ2v) is 8.78. The predicted octanol–water partition coefficient (Wildman–Crippen LogP) is 7.18. The van der Waals surface area contributed by atoms with Crippen molar-refractivity contribution in [1.29, 1.82) is 0 Å². The van der Waals surface area contributed by atoms with Gasteiger partial charge in [-0.15, -0.1) is 0 Å². The fourth-order valence-electron chi connectivity index (χ4n) is 4.32. The summed E-state index contributed by atoms with van der Waals surface area (Å²) in [6, 6.07) is 32.8. The highest BCUT2D eigenvalue weighted by Crippen LogP contribution is 2.31. The highest BCUT2D eigenvalue weighted by atomic mass is 16.5. The number of fused-ring (bicyclic) bond motifs is 1. The van der Waals surface area contributed by atoms with E-state index in [1.165, 1.54) is 16.5 Å². The fraction of sp³-hybridized carbons (Fsp3) is 0.200. The Morgan fingerprint density at radius 1 is 0.788 bits per heavy atom. The summed E-state index contributed by atoms with van der Waals surface area (Å²) in [5, 5.41) is 15.1. The van der Waals surface area contributed by atoms with Gasteiger partial charge in [-0.3, -0.25) is 0 Å². The number of allylic oxidation sites excluding steroid dienone is 1. The lowest BCUT2D eigenvalue weighted by Gasteiger charge is -2.42. The summed E-state index contributed by atoms with van der Waals surface area (Å²) in [4.78, 5) is 0. The third-order valence-corrected chi connectivity index (χ3v) is 6.01. The SMILES string of the molecule is C[N+](C)([O-])[C@@H](CCOc1ccc(C/C=C/c2ccccc2)c2ccccc12)c1ccccc1. The fourth-order valence-corrected chi connectivity index (χ4v) is 4.32. The van der Waals surface area contributed by atoms with Crippen LogP contribution in [0.2, 0.25) is 0 Å². The van der Waals surface area contributed by atoms with Gasteiger partial charge in [0.05, 0.1) is 20.7 Å². The van der Waals surface area contributed by atoms with Gasteiger partial charge in [0.2, 0.25) is 0 Å². The molecule has 0 amide bonds. The maximum atomic E-state index is 12.8. The van der Waals surface area contributed by atoms with Gasteiger partial charge < -0.3 is 14.6 Å². The van der Waals surface area contributed by atoms with Crippen molar-refractivity contribution in [2.45, 2.75) is 18.9 Å². The number of rotatable bonds is 9. The summed E-state index contributed by atoms with van der Waals surface area (Å²) in [5.74, 6) is 0.865. The van der Waals surface area contributed by atoms with Crippen molar-refractivity contribution >= 4 is 16.8 Å². The van der Waals surface area contributed by atoms with E-state index in [2.05, 4.69) is 66.7 Å². The molecule has 0 N–H and O–H groups in total. The molecule has 3 heteroatoms. The van der Waals surface area contributed by atoms with Gasteiger partial charge in [-0.1, -0.05) is 103 Å². The van der Waals surface area contributed by atoms with E-state index in [1.54, 1.807) is 14.1 Å². The van der Waals surface area contributed by atoms with E-state index in [-0.39, 0.29) is 10.7 Å². The minimum atomic E-state index is -0.374. The van der Waals surface area contributed by atoms with Crippen molar-refractivity contribution < 1.29 is 9.38 Å². The third-order valence-electron chi connectivity index (χ3n) is 6.01. The number of quaternary nitrogens is 1. The van der Waals surface area contributed by atoms with Crippen molar-refractivity contribution in [3.05, 3.63) is 125 Å². The first-order chi connectivity index (χ1) is 16.0. The van der Waals surface area contributed by atoms with Gasteiger partial charge >= 0.3 is 0 Å². The molecule has 0 saturated carbocycles. The van der Waals surface area contributed by atoms with Gasteiger partial charge in [0.1, 0.15) is 11.8 Å². The second kappa shape index (κ2) is 10.5. The topological polar surface area (TPSA) is 32.3 Å². The number of nitrogens with zero attached hydrogens (tertiary/aromatic N) is 1. The van der Waals surface area contributed by atoms with Crippen LogP contribution < -0.4 is 4.74 Å². The van der Waals surface area contributed by atoms with E-state index >= 15 is 0 Å². The monoisotopic (exact) mass is 437 g/mol. The van der Waals surface area contributed by atoms with E-state index in [4.69, 9.17) is 4.74 Å². The van der Waals surface area contributed by atoms with Gasteiger partial charge in [-0.2, -0.15) is 0 Å². The molecular weight excluding hydrogens is 406 g/mol. The van der Waals surface area contributed by atoms with E-state index in [0.717, 1.165) is 23.1 Å². The number of hydrogen-bond donors (Lipinski definition) is 0. The van der Waals surface area contributed by atoms with Crippen LogP contribution in [0.15, 0.2) is 103 Å². The predicted molar refractivity (Wildman–Crippen MR) is 138 cm³/mol. The first-order valence-corrected chi connectivity index (χ1v) is 11.5. The number of benzene rings is 4. The van der Waals surface area contributed by atoms with E-state index in [0.29, 0.717) is 13.0 Å². The molecule has 0 radical (unpaired) electrons. The van der Waals surface area contributed by atoms with Crippen LogP contribution >= 0.6 is 0 Å². The molecule has 3 nitrogen and oxygen atoms in total. The Labute approximate surface area is 196 Å². The molecule has 4 aromatic carbocycles. The minimum Gasteiger partial charge on any atom is -0.633 e. The highest BCUT2D eigenvalue weighted by molar-refractivity contribution is 5.91. The van der Waals surface area contributed by atoms with Crippen LogP contribution in [0.25, 0.3) is 16.8 Å². The Hall–Kier alpha value is -3.40. The van der Waals surface area contributed by atoms with E-state index < -0.39 is 0 Å². The quantitative estimate of drug-likeness (QED) is 0.205. The van der Waals surface area contributed by atoms with Gasteiger partial charge in [-0.25, -0.2) is 0 Å². The molecule has 168 valence electrons. The van der Waals surface area contributed by atoms with Crippen LogP contribution in [0.1, 0.15) is 29.2 Å². The van der Waals surface area contributed by atoms with Crippen LogP contribution in [-0.4, -0.2) is 25.3 Å². The molecule has 0 spiro atoms. The molecule has 0 fully saturated rings. The summed E-state index contributed by atoms with van der Waals surface area (Å²) < 4.78 is 5.85. The Morgan fingerprint density at radius 2 is 1.42 bits per heavy atom. The molecule has 33 heavy (non-hydrogen) atoms. The summed E-state index contributed by atoms with van der Waals surface area (Å²) >= 11 is 0. The molecule has 4 rings (SSSR count). The second-order valence-electron chi connectivity index (χ2n) is 8.78. The van der Waals surface area contributed by atoms with Crippen molar-refractivity contribution in [2.75, 3.05) is 20.7 Å². The van der Waals surface area contributed by atoms with E-state index in [1.807, 2.05) is 42.5 Å². The molecule has 0 unspecified atom stereocenters. The van der Waals surface area contributed by atoms with Gasteiger partial charge in [0.25, 0.3) is 0 Å². The van der Waals surface area contributed by atoms with Crippen molar-refractivity contribution in [1.82, 2.24) is 0 Å². The Balaban J connectivity index is 1.48. The van der Waals surface area contributed by atoms with Gasteiger partial charge in [-0.05, 0) is 29.0 Å². The Bertz CT molecular complexity index is 1190. The first-order valence-electron chi connectivity index (χ1n) is 11.5. The van der Waals surface area contributed by atoms with Crippen molar-refractivity contribution in [2.24, 2.45) is 0 Å². The Kier molecular flexibility index (Phi) is 7.23. The number of hydroxylamine groups is 3. The smallest absolute Gasteiger partial charge is 0.127 e. The molecule has 0 aliphatic rings. The van der Waals surface area contributed by atoms with Crippen molar-refractivity contribution in [3.63, 3.8) is 0 Å². The number of ether oxygens (including phenoxy) is 1. The van der Waals surface area contributed by atoms with Crippen LogP contribution in [0, 0.1) is 5.21 Å². The maximum absolute atomic E-state index is 12.8. The zero-order valence-electron chi connectivity index (χ0n) is 19.4. The standard InChI is InChI=1S/C30H31NO2/c1-31(2,32)29(26-15-7-4-8-16-26)22-23-33-30-21-20-25(27-18-9-10-19-28(27)30)17-11-14-24-12-5-3-6-13-24/h3-16,18-21,29H,17,22-23H2,1-2H3/b14-11+/t29-/m0/s1. The summed E-state index contributed by atoms with van der Waals surface area (Å²) in [5.41, 5.74) is 3.52. The lowest BCUT2D eigenvalue weighted by atomic mass is 10.0. The largest absolute Gasteiger partial charge is 0.633 e.